The first-order valence-electron chi connectivity index (χ1n) is 5.04. The first-order valence-corrected chi connectivity index (χ1v) is 6.65. The molecule has 106 valence electrons. The number of aromatic nitrogens is 2. The number of amides is 1. The lowest BCUT2D eigenvalue weighted by Gasteiger charge is -2.10. The second kappa shape index (κ2) is 5.37. The van der Waals surface area contributed by atoms with Gasteiger partial charge in [-0.2, -0.15) is 13.2 Å². The molecule has 0 saturated heterocycles. The number of nitrogens with two attached hydrogens (primary N) is 1. The van der Waals surface area contributed by atoms with Gasteiger partial charge in [0.25, 0.3) is 5.91 Å². The second-order valence-corrected chi connectivity index (χ2v) is 5.46. The zero-order valence-electron chi connectivity index (χ0n) is 9.53. The van der Waals surface area contributed by atoms with Gasteiger partial charge in [-0.05, 0) is 34.1 Å². The molecule has 1 heterocycles. The molecule has 2 aromatic rings. The molecule has 0 unspecified atom stereocenters. The maximum Gasteiger partial charge on any atom is 0.416 e. The maximum absolute atomic E-state index is 12.6. The Morgan fingerprint density at radius 3 is 2.60 bits per heavy atom. The van der Waals surface area contributed by atoms with Gasteiger partial charge < -0.3 is 11.1 Å². The summed E-state index contributed by atoms with van der Waals surface area (Å²) in [6.07, 6.45) is -4.49. The van der Waals surface area contributed by atoms with Gasteiger partial charge in [0.15, 0.2) is 0 Å². The number of halogens is 4. The molecule has 0 bridgehead atoms. The van der Waals surface area contributed by atoms with E-state index in [4.69, 9.17) is 5.73 Å². The van der Waals surface area contributed by atoms with Gasteiger partial charge in [-0.25, -0.2) is 0 Å². The third kappa shape index (κ3) is 3.25. The predicted molar refractivity (Wildman–Crippen MR) is 71.4 cm³/mol. The van der Waals surface area contributed by atoms with Crippen molar-refractivity contribution in [2.24, 2.45) is 0 Å². The van der Waals surface area contributed by atoms with Gasteiger partial charge in [-0.15, -0.1) is 10.2 Å². The lowest BCUT2D eigenvalue weighted by atomic mass is 10.2. The quantitative estimate of drug-likeness (QED) is 0.855. The van der Waals surface area contributed by atoms with E-state index in [2.05, 4.69) is 31.4 Å². The summed E-state index contributed by atoms with van der Waals surface area (Å²) in [4.78, 5) is 11.8. The topological polar surface area (TPSA) is 80.9 Å². The van der Waals surface area contributed by atoms with Gasteiger partial charge in [0.1, 0.15) is 0 Å². The Morgan fingerprint density at radius 2 is 2.05 bits per heavy atom. The van der Waals surface area contributed by atoms with Crippen molar-refractivity contribution in [3.8, 4) is 0 Å². The number of carbonyl (C=O) groups is 1. The molecule has 20 heavy (non-hydrogen) atoms. The Hall–Kier alpha value is -1.68. The van der Waals surface area contributed by atoms with Crippen molar-refractivity contribution in [2.75, 3.05) is 11.1 Å². The summed E-state index contributed by atoms with van der Waals surface area (Å²) in [7, 11) is 0. The summed E-state index contributed by atoms with van der Waals surface area (Å²) in [5, 5.41) is 9.34. The fraction of sp³-hybridized carbons (Fsp3) is 0.100. The fourth-order valence-corrected chi connectivity index (χ4v) is 2.15. The minimum Gasteiger partial charge on any atom is -0.374 e. The number of hydrogen-bond donors (Lipinski definition) is 2. The average molecular weight is 367 g/mol. The van der Waals surface area contributed by atoms with Crippen LogP contribution in [0, 0.1) is 0 Å². The highest BCUT2D eigenvalue weighted by atomic mass is 79.9. The highest BCUT2D eigenvalue weighted by Gasteiger charge is 2.31. The summed E-state index contributed by atoms with van der Waals surface area (Å²) in [6, 6.07) is 2.93. The lowest BCUT2D eigenvalue weighted by Crippen LogP contribution is -2.13. The summed E-state index contributed by atoms with van der Waals surface area (Å²) in [5.74, 6) is -0.681. The van der Waals surface area contributed by atoms with Crippen LogP contribution < -0.4 is 11.1 Å². The van der Waals surface area contributed by atoms with Crippen LogP contribution in [-0.2, 0) is 6.18 Å². The highest BCUT2D eigenvalue weighted by Crippen LogP contribution is 2.34. The van der Waals surface area contributed by atoms with Crippen LogP contribution in [0.25, 0.3) is 0 Å². The molecule has 0 radical (unpaired) electrons. The van der Waals surface area contributed by atoms with Gasteiger partial charge in [0, 0.05) is 4.47 Å². The smallest absolute Gasteiger partial charge is 0.374 e. The van der Waals surface area contributed by atoms with Crippen molar-refractivity contribution in [2.45, 2.75) is 6.18 Å². The van der Waals surface area contributed by atoms with Crippen molar-refractivity contribution in [3.05, 3.63) is 33.2 Å². The van der Waals surface area contributed by atoms with Crippen LogP contribution in [-0.4, -0.2) is 16.1 Å². The van der Waals surface area contributed by atoms with E-state index in [-0.39, 0.29) is 15.8 Å². The van der Waals surface area contributed by atoms with E-state index >= 15 is 0 Å². The summed E-state index contributed by atoms with van der Waals surface area (Å²) < 4.78 is 38.1. The van der Waals surface area contributed by atoms with Crippen LogP contribution in [0.3, 0.4) is 0 Å². The molecule has 1 amide bonds. The standard InChI is InChI=1S/C10H6BrF3N4OS/c11-5-2-1-4(10(12,13)14)3-6(5)16-7(19)8-17-18-9(15)20-8/h1-3H,(H2,15,18)(H,16,19). The molecule has 0 fully saturated rings. The minimum absolute atomic E-state index is 0.0152. The molecule has 10 heteroatoms. The summed E-state index contributed by atoms with van der Waals surface area (Å²) in [6.45, 7) is 0. The molecular weight excluding hydrogens is 361 g/mol. The number of hydrogen-bond acceptors (Lipinski definition) is 5. The molecule has 5 nitrogen and oxygen atoms in total. The molecule has 3 N–H and O–H groups in total. The zero-order chi connectivity index (χ0) is 14.9. The van der Waals surface area contributed by atoms with Crippen LogP contribution in [0.2, 0.25) is 0 Å². The molecule has 0 aliphatic heterocycles. The second-order valence-electron chi connectivity index (χ2n) is 3.59. The van der Waals surface area contributed by atoms with Crippen LogP contribution in [0.4, 0.5) is 24.0 Å². The van der Waals surface area contributed by atoms with Crippen molar-refractivity contribution >= 4 is 44.0 Å². The number of benzene rings is 1. The number of carbonyl (C=O) groups excluding carboxylic acids is 1. The monoisotopic (exact) mass is 366 g/mol. The van der Waals surface area contributed by atoms with Gasteiger partial charge in [0.05, 0.1) is 11.3 Å². The summed E-state index contributed by atoms with van der Waals surface area (Å²) in [5.41, 5.74) is 4.44. The van der Waals surface area contributed by atoms with Crippen LogP contribution >= 0.6 is 27.3 Å². The van der Waals surface area contributed by atoms with E-state index in [1.807, 2.05) is 0 Å². The molecule has 1 aromatic carbocycles. The Balaban J connectivity index is 2.27. The number of rotatable bonds is 2. The van der Waals surface area contributed by atoms with Crippen molar-refractivity contribution in [1.82, 2.24) is 10.2 Å². The lowest BCUT2D eigenvalue weighted by molar-refractivity contribution is -0.137. The number of alkyl halides is 3. The third-order valence-corrected chi connectivity index (χ3v) is 3.62. The molecule has 0 aliphatic carbocycles. The van der Waals surface area contributed by atoms with Gasteiger partial charge >= 0.3 is 6.18 Å². The number of nitrogens with one attached hydrogen (secondary N) is 1. The number of anilines is 2. The van der Waals surface area contributed by atoms with E-state index in [0.29, 0.717) is 4.47 Å². The highest BCUT2D eigenvalue weighted by molar-refractivity contribution is 9.10. The Morgan fingerprint density at radius 1 is 1.35 bits per heavy atom. The Kier molecular flexibility index (Phi) is 3.95. The largest absolute Gasteiger partial charge is 0.416 e. The molecule has 0 aliphatic rings. The number of nitrogens with zero attached hydrogens (tertiary/aromatic N) is 2. The van der Waals surface area contributed by atoms with E-state index < -0.39 is 17.6 Å². The van der Waals surface area contributed by atoms with Crippen molar-refractivity contribution in [1.29, 1.82) is 0 Å². The van der Waals surface area contributed by atoms with Crippen LogP contribution in [0.15, 0.2) is 22.7 Å². The fourth-order valence-electron chi connectivity index (χ4n) is 1.30. The first-order chi connectivity index (χ1) is 9.27. The first kappa shape index (κ1) is 14.7. The molecule has 0 spiro atoms. The van der Waals surface area contributed by atoms with Gasteiger partial charge in [0.2, 0.25) is 10.1 Å². The normalized spacial score (nSPS) is 11.4. The molecule has 0 atom stereocenters. The number of nitrogen functional groups attached to an aromatic ring is 1. The molecule has 2 rings (SSSR count). The Labute approximate surface area is 123 Å². The molecule has 0 saturated carbocycles. The van der Waals surface area contributed by atoms with Gasteiger partial charge in [-0.3, -0.25) is 4.79 Å². The Bertz CT molecular complexity index is 658. The van der Waals surface area contributed by atoms with E-state index in [1.165, 1.54) is 6.07 Å². The zero-order valence-corrected chi connectivity index (χ0v) is 11.9. The average Bonchev–Trinajstić information content (AvgIpc) is 2.77. The van der Waals surface area contributed by atoms with Crippen LogP contribution in [0.5, 0.6) is 0 Å². The van der Waals surface area contributed by atoms with E-state index in [9.17, 15) is 18.0 Å². The molecule has 1 aromatic heterocycles. The SMILES string of the molecule is Nc1nnc(C(=O)Nc2cc(C(F)(F)F)ccc2Br)s1. The van der Waals surface area contributed by atoms with Crippen molar-refractivity contribution in [3.63, 3.8) is 0 Å². The van der Waals surface area contributed by atoms with Crippen molar-refractivity contribution < 1.29 is 18.0 Å². The van der Waals surface area contributed by atoms with E-state index in [0.717, 1.165) is 23.5 Å². The third-order valence-electron chi connectivity index (χ3n) is 2.18. The molecular formula is C10H6BrF3N4OS. The van der Waals surface area contributed by atoms with Crippen LogP contribution in [0.1, 0.15) is 15.4 Å². The summed E-state index contributed by atoms with van der Waals surface area (Å²) >= 11 is 3.90. The predicted octanol–water partition coefficient (Wildman–Crippen LogP) is 3.15. The van der Waals surface area contributed by atoms with E-state index in [1.54, 1.807) is 0 Å². The van der Waals surface area contributed by atoms with Gasteiger partial charge in [-0.1, -0.05) is 11.3 Å². The minimum atomic E-state index is -4.49. The maximum atomic E-state index is 12.6.